The summed E-state index contributed by atoms with van der Waals surface area (Å²) < 4.78 is 6.50. The Morgan fingerprint density at radius 3 is 2.83 bits per heavy atom. The first-order valence-electron chi connectivity index (χ1n) is 7.65. The first-order valence-corrected chi connectivity index (χ1v) is 8.45. The maximum atomic E-state index is 11.8. The summed E-state index contributed by atoms with van der Waals surface area (Å²) in [4.78, 5) is 27.7. The molecule has 0 aliphatic rings. The quantitative estimate of drug-likeness (QED) is 0.547. The molecule has 2 aromatic rings. The van der Waals surface area contributed by atoms with Crippen LogP contribution in [0.4, 0.5) is 5.69 Å². The summed E-state index contributed by atoms with van der Waals surface area (Å²) in [6, 6.07) is 11.0. The lowest BCUT2D eigenvalue weighted by molar-refractivity contribution is -0.125. The van der Waals surface area contributed by atoms with Crippen molar-refractivity contribution in [1.29, 1.82) is 0 Å². The Bertz CT molecular complexity index is 719. The van der Waals surface area contributed by atoms with Crippen molar-refractivity contribution in [2.75, 3.05) is 11.9 Å². The van der Waals surface area contributed by atoms with Crippen LogP contribution in [0.25, 0.3) is 0 Å². The van der Waals surface area contributed by atoms with Crippen LogP contribution in [0.15, 0.2) is 47.1 Å². The van der Waals surface area contributed by atoms with E-state index in [1.165, 1.54) is 0 Å². The van der Waals surface area contributed by atoms with E-state index in [0.717, 1.165) is 15.9 Å². The minimum Gasteiger partial charge on any atom is -0.494 e. The molecule has 2 rings (SSSR count). The van der Waals surface area contributed by atoms with E-state index < -0.39 is 0 Å². The maximum absolute atomic E-state index is 11.8. The first kappa shape index (κ1) is 18.1. The van der Waals surface area contributed by atoms with Crippen molar-refractivity contribution in [2.45, 2.75) is 26.2 Å². The van der Waals surface area contributed by atoms with Gasteiger partial charge in [0.15, 0.2) is 0 Å². The van der Waals surface area contributed by atoms with Crippen LogP contribution in [0.3, 0.4) is 0 Å². The van der Waals surface area contributed by atoms with E-state index in [1.54, 1.807) is 18.3 Å². The standard InChI is InChI=1S/C18H19BrN2O3/c1-13-10-15(7-8-20-13)21-18(23)12-16(22)5-3-9-24-17-6-2-4-14(19)11-17/h2,4,6-8,10-11H,3,5,9,12H2,1H3,(H,20,21,23). The lowest BCUT2D eigenvalue weighted by Gasteiger charge is -2.07. The van der Waals surface area contributed by atoms with Gasteiger partial charge in [-0.25, -0.2) is 0 Å². The number of aromatic nitrogens is 1. The normalized spacial score (nSPS) is 10.2. The lowest BCUT2D eigenvalue weighted by Crippen LogP contribution is -2.17. The summed E-state index contributed by atoms with van der Waals surface area (Å²) in [6.45, 7) is 2.28. The van der Waals surface area contributed by atoms with Crippen molar-refractivity contribution in [3.63, 3.8) is 0 Å². The highest BCUT2D eigenvalue weighted by Crippen LogP contribution is 2.18. The van der Waals surface area contributed by atoms with Crippen LogP contribution >= 0.6 is 15.9 Å². The molecule has 6 heteroatoms. The van der Waals surface area contributed by atoms with Gasteiger partial charge < -0.3 is 10.1 Å². The van der Waals surface area contributed by atoms with E-state index in [0.29, 0.717) is 25.1 Å². The number of ether oxygens (including phenoxy) is 1. The van der Waals surface area contributed by atoms with Crippen molar-refractivity contribution in [3.8, 4) is 5.75 Å². The van der Waals surface area contributed by atoms with Crippen LogP contribution < -0.4 is 10.1 Å². The van der Waals surface area contributed by atoms with Gasteiger partial charge in [-0.15, -0.1) is 0 Å². The lowest BCUT2D eigenvalue weighted by atomic mass is 10.1. The third kappa shape index (κ3) is 6.50. The Balaban J connectivity index is 1.66. The summed E-state index contributed by atoms with van der Waals surface area (Å²) in [5, 5.41) is 2.70. The van der Waals surface area contributed by atoms with Gasteiger partial charge in [-0.3, -0.25) is 14.6 Å². The van der Waals surface area contributed by atoms with Crippen LogP contribution in [0.2, 0.25) is 0 Å². The Morgan fingerprint density at radius 2 is 2.08 bits per heavy atom. The van der Waals surface area contributed by atoms with Gasteiger partial charge in [0, 0.05) is 28.5 Å². The zero-order valence-corrected chi connectivity index (χ0v) is 15.0. The summed E-state index contributed by atoms with van der Waals surface area (Å²) in [6.07, 6.45) is 2.38. The minimum absolute atomic E-state index is 0.101. The highest BCUT2D eigenvalue weighted by Gasteiger charge is 2.10. The zero-order chi connectivity index (χ0) is 17.4. The van der Waals surface area contributed by atoms with Crippen LogP contribution in [-0.2, 0) is 9.59 Å². The van der Waals surface area contributed by atoms with Crippen LogP contribution in [-0.4, -0.2) is 23.3 Å². The number of nitrogens with zero attached hydrogens (tertiary/aromatic N) is 1. The van der Waals surface area contributed by atoms with Gasteiger partial charge in [-0.2, -0.15) is 0 Å². The molecular formula is C18H19BrN2O3. The minimum atomic E-state index is -0.307. The molecule has 1 aromatic carbocycles. The second-order valence-electron chi connectivity index (χ2n) is 5.36. The van der Waals surface area contributed by atoms with Gasteiger partial charge in [-0.1, -0.05) is 22.0 Å². The summed E-state index contributed by atoms with van der Waals surface area (Å²) in [5.74, 6) is 0.345. The molecule has 0 saturated heterocycles. The Morgan fingerprint density at radius 1 is 1.25 bits per heavy atom. The molecule has 1 aromatic heterocycles. The topological polar surface area (TPSA) is 68.3 Å². The largest absolute Gasteiger partial charge is 0.494 e. The second-order valence-corrected chi connectivity index (χ2v) is 6.27. The number of hydrogen-bond donors (Lipinski definition) is 1. The van der Waals surface area contributed by atoms with Crippen molar-refractivity contribution in [2.24, 2.45) is 0 Å². The molecule has 1 amide bonds. The number of anilines is 1. The summed E-state index contributed by atoms with van der Waals surface area (Å²) in [5.41, 5.74) is 1.46. The molecule has 1 N–H and O–H groups in total. The van der Waals surface area contributed by atoms with E-state index in [-0.39, 0.29) is 18.1 Å². The smallest absolute Gasteiger partial charge is 0.231 e. The van der Waals surface area contributed by atoms with Crippen LogP contribution in [0, 0.1) is 6.92 Å². The zero-order valence-electron chi connectivity index (χ0n) is 13.4. The molecule has 1 heterocycles. The van der Waals surface area contributed by atoms with Gasteiger partial charge in [0.1, 0.15) is 11.5 Å². The molecule has 5 nitrogen and oxygen atoms in total. The number of carbonyl (C=O) groups excluding carboxylic acids is 2. The van der Waals surface area contributed by atoms with Crippen LogP contribution in [0.1, 0.15) is 25.0 Å². The average molecular weight is 391 g/mol. The molecule has 0 fully saturated rings. The SMILES string of the molecule is Cc1cc(NC(=O)CC(=O)CCCOc2cccc(Br)c2)ccn1. The molecular weight excluding hydrogens is 372 g/mol. The number of pyridine rings is 1. The van der Waals surface area contributed by atoms with E-state index in [1.807, 2.05) is 31.2 Å². The molecule has 0 unspecified atom stereocenters. The monoisotopic (exact) mass is 390 g/mol. The van der Waals surface area contributed by atoms with E-state index in [4.69, 9.17) is 4.74 Å². The highest BCUT2D eigenvalue weighted by molar-refractivity contribution is 9.10. The number of nitrogens with one attached hydrogen (secondary N) is 1. The number of benzene rings is 1. The van der Waals surface area contributed by atoms with E-state index >= 15 is 0 Å². The number of ketones is 1. The first-order chi connectivity index (χ1) is 11.5. The fourth-order valence-corrected chi connectivity index (χ4v) is 2.49. The molecule has 0 aliphatic carbocycles. The number of halogens is 1. The number of hydrogen-bond acceptors (Lipinski definition) is 4. The highest BCUT2D eigenvalue weighted by atomic mass is 79.9. The van der Waals surface area contributed by atoms with Gasteiger partial charge in [0.2, 0.25) is 5.91 Å². The summed E-state index contributed by atoms with van der Waals surface area (Å²) in [7, 11) is 0. The molecule has 0 bridgehead atoms. The fourth-order valence-electron chi connectivity index (χ4n) is 2.11. The molecule has 126 valence electrons. The molecule has 0 atom stereocenters. The van der Waals surface area contributed by atoms with Crippen molar-refractivity contribution in [1.82, 2.24) is 4.98 Å². The van der Waals surface area contributed by atoms with E-state index in [2.05, 4.69) is 26.2 Å². The number of amides is 1. The van der Waals surface area contributed by atoms with Crippen molar-refractivity contribution < 1.29 is 14.3 Å². The number of rotatable bonds is 8. The predicted octanol–water partition coefficient (Wildman–Crippen LogP) is 3.91. The van der Waals surface area contributed by atoms with Gasteiger partial charge in [0.05, 0.1) is 13.0 Å². The Hall–Kier alpha value is -2.21. The molecule has 0 spiro atoms. The van der Waals surface area contributed by atoms with Crippen molar-refractivity contribution in [3.05, 3.63) is 52.8 Å². The maximum Gasteiger partial charge on any atom is 0.231 e. The number of carbonyl (C=O) groups is 2. The summed E-state index contributed by atoms with van der Waals surface area (Å²) >= 11 is 3.37. The fraction of sp³-hybridized carbons (Fsp3) is 0.278. The third-order valence-corrected chi connectivity index (χ3v) is 3.70. The number of Topliss-reactive ketones (excluding diaryl/α,β-unsaturated/α-hetero) is 1. The van der Waals surface area contributed by atoms with Crippen molar-refractivity contribution >= 4 is 33.3 Å². The molecule has 24 heavy (non-hydrogen) atoms. The van der Waals surface area contributed by atoms with Gasteiger partial charge in [0.25, 0.3) is 0 Å². The van der Waals surface area contributed by atoms with Gasteiger partial charge in [-0.05, 0) is 43.7 Å². The van der Waals surface area contributed by atoms with Gasteiger partial charge >= 0.3 is 0 Å². The molecule has 0 aliphatic heterocycles. The predicted molar refractivity (Wildman–Crippen MR) is 96.1 cm³/mol. The van der Waals surface area contributed by atoms with E-state index in [9.17, 15) is 9.59 Å². The molecule has 0 saturated carbocycles. The molecule has 0 radical (unpaired) electrons. The number of aryl methyl sites for hydroxylation is 1. The Labute approximate surface area is 149 Å². The van der Waals surface area contributed by atoms with Crippen LogP contribution in [0.5, 0.6) is 5.75 Å². The Kier molecular flexibility index (Phi) is 6.93. The third-order valence-electron chi connectivity index (χ3n) is 3.20. The average Bonchev–Trinajstić information content (AvgIpc) is 2.51. The second kappa shape index (κ2) is 9.17.